The molecule has 1 aromatic rings. The highest BCUT2D eigenvalue weighted by molar-refractivity contribution is 4.99. The van der Waals surface area contributed by atoms with E-state index >= 15 is 0 Å². The third-order valence-electron chi connectivity index (χ3n) is 9.47. The summed E-state index contributed by atoms with van der Waals surface area (Å²) in [7, 11) is 0. The van der Waals surface area contributed by atoms with Gasteiger partial charge in [0.05, 0.1) is 13.2 Å². The molecule has 0 amide bonds. The molecule has 5 rings (SSSR count). The summed E-state index contributed by atoms with van der Waals surface area (Å²) in [6.07, 6.45) is 15.7. The molecule has 0 atom stereocenters. The minimum atomic E-state index is 0.240. The molecule has 6 nitrogen and oxygen atoms in total. The van der Waals surface area contributed by atoms with Crippen molar-refractivity contribution in [2.24, 2.45) is 0 Å². The summed E-state index contributed by atoms with van der Waals surface area (Å²) in [5.41, 5.74) is 1.73. The van der Waals surface area contributed by atoms with Crippen molar-refractivity contribution < 1.29 is 4.74 Å². The Hall–Kier alpha value is -1.18. The number of rotatable bonds is 0. The lowest BCUT2D eigenvalue weighted by molar-refractivity contribution is -0.00389. The molecule has 1 aromatic heterocycles. The van der Waals surface area contributed by atoms with Crippen molar-refractivity contribution in [1.29, 1.82) is 0 Å². The van der Waals surface area contributed by atoms with Gasteiger partial charge in [0.25, 0.3) is 0 Å². The van der Waals surface area contributed by atoms with Gasteiger partial charge in [0.15, 0.2) is 0 Å². The number of ether oxygens (including phenoxy) is 1. The van der Waals surface area contributed by atoms with Gasteiger partial charge in [-0.1, -0.05) is 18.6 Å². The molecule has 0 N–H and O–H groups in total. The Morgan fingerprint density at radius 3 is 0.936 bits per heavy atom. The predicted molar refractivity (Wildman–Crippen MR) is 208 cm³/mol. The molecule has 47 heavy (non-hydrogen) atoms. The molecule has 0 bridgehead atoms. The fraction of sp³-hybridized carbons (Fsp3) is 0.854. The van der Waals surface area contributed by atoms with E-state index < -0.39 is 0 Å². The van der Waals surface area contributed by atoms with Gasteiger partial charge in [-0.2, -0.15) is 0 Å². The van der Waals surface area contributed by atoms with Crippen LogP contribution in [0.15, 0.2) is 36.7 Å². The molecule has 0 unspecified atom stereocenters. The lowest BCUT2D eigenvalue weighted by Crippen LogP contribution is -2.47. The lowest BCUT2D eigenvalue weighted by atomic mass is 10.0. The fourth-order valence-electron chi connectivity index (χ4n) is 5.99. The van der Waals surface area contributed by atoms with Crippen molar-refractivity contribution in [2.75, 3.05) is 65.6 Å². The molecule has 5 heterocycles. The maximum Gasteiger partial charge on any atom is 0.0594 e. The van der Waals surface area contributed by atoms with Gasteiger partial charge in [0, 0.05) is 66.3 Å². The van der Waals surface area contributed by atoms with Crippen molar-refractivity contribution in [2.45, 2.75) is 164 Å². The summed E-state index contributed by atoms with van der Waals surface area (Å²) in [5.74, 6) is 0. The summed E-state index contributed by atoms with van der Waals surface area (Å²) >= 11 is 0. The Morgan fingerprint density at radius 1 is 0.383 bits per heavy atom. The van der Waals surface area contributed by atoms with Crippen LogP contribution in [-0.4, -0.2) is 112 Å². The van der Waals surface area contributed by atoms with E-state index in [1.165, 1.54) is 58.3 Å². The molecule has 276 valence electrons. The highest BCUT2D eigenvalue weighted by atomic mass is 16.5. The standard InChI is InChI=1S/C9H19N.C8H17NO.C8H17N.C8H15N.C8H13N/c1-9(2,3)10-7-5-4-6-8-10;1-8(2,3)9-4-6-10-7-5-9;3*1-8(2,3)9-6-4-5-7-9/h4-8H2,1-3H3;4-7H2,1-3H3;4-7H2,1-3H3;4-5H,6-7H2,1-3H3;4-7H,1-3H3. The Balaban J connectivity index is 0.000000294. The second-order valence-corrected chi connectivity index (χ2v) is 18.7. The summed E-state index contributed by atoms with van der Waals surface area (Å²) in [6.45, 7) is 45.3. The number of nitrogens with zero attached hydrogens (tertiary/aromatic N) is 5. The highest BCUT2D eigenvalue weighted by Crippen LogP contribution is 2.20. The SMILES string of the molecule is CC(C)(C)N1CC=CC1.CC(C)(C)N1CCCC1.CC(C)(C)N1CCCCC1.CC(C)(C)N1CCOCC1.CC(C)(C)n1cccc1. The van der Waals surface area contributed by atoms with Gasteiger partial charge in [0.1, 0.15) is 0 Å². The van der Waals surface area contributed by atoms with Crippen molar-refractivity contribution in [3.05, 3.63) is 36.7 Å². The smallest absolute Gasteiger partial charge is 0.0594 e. The van der Waals surface area contributed by atoms with Crippen LogP contribution in [0, 0.1) is 0 Å². The van der Waals surface area contributed by atoms with Gasteiger partial charge in [0.2, 0.25) is 0 Å². The molecule has 0 aliphatic carbocycles. The second kappa shape index (κ2) is 19.9. The Morgan fingerprint density at radius 2 is 0.702 bits per heavy atom. The zero-order valence-electron chi connectivity index (χ0n) is 34.2. The monoisotopic (exact) mass is 660 g/mol. The fourth-order valence-corrected chi connectivity index (χ4v) is 5.99. The minimum absolute atomic E-state index is 0.240. The molecule has 4 aliphatic heterocycles. The van der Waals surface area contributed by atoms with Crippen LogP contribution in [0.25, 0.3) is 0 Å². The van der Waals surface area contributed by atoms with Crippen molar-refractivity contribution in [1.82, 2.24) is 24.2 Å². The average molecular weight is 660 g/mol. The molecular formula is C41H81N5O. The minimum Gasteiger partial charge on any atom is -0.379 e. The second-order valence-electron chi connectivity index (χ2n) is 18.7. The first-order valence-corrected chi connectivity index (χ1v) is 18.9. The van der Waals surface area contributed by atoms with Gasteiger partial charge in [-0.15, -0.1) is 0 Å². The van der Waals surface area contributed by atoms with E-state index in [9.17, 15) is 0 Å². The summed E-state index contributed by atoms with van der Waals surface area (Å²) in [5, 5.41) is 0. The van der Waals surface area contributed by atoms with Gasteiger partial charge in [-0.05, 0) is 168 Å². The van der Waals surface area contributed by atoms with Crippen LogP contribution in [0.5, 0.6) is 0 Å². The van der Waals surface area contributed by atoms with Gasteiger partial charge in [-0.25, -0.2) is 0 Å². The quantitative estimate of drug-likeness (QED) is 0.259. The van der Waals surface area contributed by atoms with Gasteiger partial charge >= 0.3 is 0 Å². The Labute approximate surface area is 294 Å². The van der Waals surface area contributed by atoms with Crippen LogP contribution >= 0.6 is 0 Å². The summed E-state index contributed by atoms with van der Waals surface area (Å²) in [6, 6.07) is 4.09. The number of piperidine rings is 1. The average Bonchev–Trinajstić information content (AvgIpc) is 3.77. The summed E-state index contributed by atoms with van der Waals surface area (Å²) < 4.78 is 7.44. The molecule has 4 aliphatic rings. The van der Waals surface area contributed by atoms with Crippen molar-refractivity contribution >= 4 is 0 Å². The Kier molecular flexibility index (Phi) is 18.5. The number of hydrogen-bond acceptors (Lipinski definition) is 5. The first-order chi connectivity index (χ1) is 21.5. The maximum absolute atomic E-state index is 5.25. The zero-order chi connectivity index (χ0) is 35.9. The molecule has 3 fully saturated rings. The van der Waals surface area contributed by atoms with Crippen LogP contribution < -0.4 is 0 Å². The third kappa shape index (κ3) is 19.0. The molecule has 0 aromatic carbocycles. The molecule has 0 saturated carbocycles. The first-order valence-electron chi connectivity index (χ1n) is 18.9. The van der Waals surface area contributed by atoms with Crippen molar-refractivity contribution in [3.63, 3.8) is 0 Å². The molecule has 0 spiro atoms. The molecule has 3 saturated heterocycles. The lowest BCUT2D eigenvalue weighted by Gasteiger charge is -2.38. The third-order valence-corrected chi connectivity index (χ3v) is 9.47. The van der Waals surface area contributed by atoms with E-state index in [4.69, 9.17) is 4.74 Å². The van der Waals surface area contributed by atoms with E-state index in [0.717, 1.165) is 39.4 Å². The molecular weight excluding hydrogens is 578 g/mol. The molecule has 0 radical (unpaired) electrons. The van der Waals surface area contributed by atoms with E-state index in [1.54, 1.807) is 0 Å². The number of likely N-dealkylation sites (tertiary alicyclic amines) is 2. The van der Waals surface area contributed by atoms with Crippen LogP contribution in [0.3, 0.4) is 0 Å². The van der Waals surface area contributed by atoms with E-state index in [1.807, 2.05) is 12.1 Å². The highest BCUT2D eigenvalue weighted by Gasteiger charge is 2.24. The number of aromatic nitrogens is 1. The first kappa shape index (κ1) is 43.8. The normalized spacial score (nSPS) is 20.6. The maximum atomic E-state index is 5.25. The number of hydrogen-bond donors (Lipinski definition) is 0. The predicted octanol–water partition coefficient (Wildman–Crippen LogP) is 9.17. The van der Waals surface area contributed by atoms with Crippen LogP contribution in [-0.2, 0) is 10.3 Å². The van der Waals surface area contributed by atoms with Crippen molar-refractivity contribution in [3.8, 4) is 0 Å². The Bertz CT molecular complexity index is 884. The zero-order valence-corrected chi connectivity index (χ0v) is 34.2. The van der Waals surface area contributed by atoms with E-state index in [2.05, 4.69) is 153 Å². The van der Waals surface area contributed by atoms with Crippen LogP contribution in [0.2, 0.25) is 0 Å². The van der Waals surface area contributed by atoms with E-state index in [0.29, 0.717) is 22.2 Å². The van der Waals surface area contributed by atoms with E-state index in [-0.39, 0.29) is 5.54 Å². The van der Waals surface area contributed by atoms with Crippen LogP contribution in [0.1, 0.15) is 136 Å². The van der Waals surface area contributed by atoms with Gasteiger partial charge in [-0.3, -0.25) is 19.6 Å². The largest absolute Gasteiger partial charge is 0.379 e. The number of morpholine rings is 1. The topological polar surface area (TPSA) is 27.1 Å². The summed E-state index contributed by atoms with van der Waals surface area (Å²) in [4.78, 5) is 10.0. The van der Waals surface area contributed by atoms with Gasteiger partial charge < -0.3 is 9.30 Å². The van der Waals surface area contributed by atoms with Crippen LogP contribution in [0.4, 0.5) is 0 Å². The molecule has 6 heteroatoms.